The number of carboxylic acid groups (broad SMARTS) is 1. The quantitative estimate of drug-likeness (QED) is 0.549. The van der Waals surface area contributed by atoms with Gasteiger partial charge >= 0.3 is 12.0 Å². The maximum Gasteiger partial charge on any atom is 0.314 e. The molecule has 1 atom stereocenters. The van der Waals surface area contributed by atoms with E-state index in [-0.39, 0.29) is 12.6 Å². The molecule has 0 bridgehead atoms. The molecule has 0 saturated heterocycles. The van der Waals surface area contributed by atoms with Crippen LogP contribution >= 0.6 is 0 Å². The van der Waals surface area contributed by atoms with Crippen LogP contribution in [0.4, 0.5) is 4.79 Å². The van der Waals surface area contributed by atoms with Crippen LogP contribution in [0.3, 0.4) is 0 Å². The molecule has 0 aromatic rings. The van der Waals surface area contributed by atoms with Gasteiger partial charge < -0.3 is 20.5 Å². The highest BCUT2D eigenvalue weighted by molar-refractivity contribution is 5.75. The average Bonchev–Trinajstić information content (AvgIpc) is 2.24. The minimum atomic E-state index is -0.925. The molecule has 0 heterocycles. The summed E-state index contributed by atoms with van der Waals surface area (Å²) in [6.07, 6.45) is 0. The standard InChI is InChI=1S/C11H22N2O4/c1-8(2)7-17-5-4-12-11(16)13-6-9(3)10(14)15/h8-9H,4-7H2,1-3H3,(H,14,15)(H2,12,13,16). The van der Waals surface area contributed by atoms with E-state index in [1.807, 2.05) is 13.8 Å². The summed E-state index contributed by atoms with van der Waals surface area (Å²) in [5, 5.41) is 13.7. The topological polar surface area (TPSA) is 87.7 Å². The second kappa shape index (κ2) is 8.81. The molecular formula is C11H22N2O4. The number of nitrogens with one attached hydrogen (secondary N) is 2. The second-order valence-electron chi connectivity index (χ2n) is 4.34. The predicted molar refractivity (Wildman–Crippen MR) is 63.9 cm³/mol. The molecule has 2 amide bonds. The zero-order valence-corrected chi connectivity index (χ0v) is 10.7. The highest BCUT2D eigenvalue weighted by Gasteiger charge is 2.11. The lowest BCUT2D eigenvalue weighted by atomic mass is 10.2. The molecule has 0 fully saturated rings. The van der Waals surface area contributed by atoms with Crippen molar-refractivity contribution in [3.8, 4) is 0 Å². The number of hydrogen-bond donors (Lipinski definition) is 3. The van der Waals surface area contributed by atoms with E-state index < -0.39 is 11.9 Å². The van der Waals surface area contributed by atoms with Crippen LogP contribution in [-0.4, -0.2) is 43.4 Å². The van der Waals surface area contributed by atoms with E-state index >= 15 is 0 Å². The second-order valence-corrected chi connectivity index (χ2v) is 4.34. The Kier molecular flexibility index (Phi) is 8.13. The van der Waals surface area contributed by atoms with Gasteiger partial charge in [0.1, 0.15) is 0 Å². The van der Waals surface area contributed by atoms with Gasteiger partial charge in [0.2, 0.25) is 0 Å². The normalized spacial score (nSPS) is 12.2. The first-order valence-corrected chi connectivity index (χ1v) is 5.75. The summed E-state index contributed by atoms with van der Waals surface area (Å²) in [6.45, 7) is 7.29. The lowest BCUT2D eigenvalue weighted by Gasteiger charge is -2.10. The molecule has 6 heteroatoms. The van der Waals surface area contributed by atoms with Gasteiger partial charge in [-0.05, 0) is 5.92 Å². The Morgan fingerprint density at radius 3 is 2.41 bits per heavy atom. The van der Waals surface area contributed by atoms with Crippen LogP contribution < -0.4 is 10.6 Å². The Balaban J connectivity index is 3.44. The number of carbonyl (C=O) groups excluding carboxylic acids is 1. The van der Waals surface area contributed by atoms with Gasteiger partial charge in [-0.2, -0.15) is 0 Å². The Morgan fingerprint density at radius 2 is 1.88 bits per heavy atom. The van der Waals surface area contributed by atoms with E-state index in [4.69, 9.17) is 9.84 Å². The fourth-order valence-corrected chi connectivity index (χ4v) is 0.951. The van der Waals surface area contributed by atoms with E-state index in [0.29, 0.717) is 25.7 Å². The highest BCUT2D eigenvalue weighted by atomic mass is 16.5. The molecule has 0 saturated carbocycles. The smallest absolute Gasteiger partial charge is 0.314 e. The summed E-state index contributed by atoms with van der Waals surface area (Å²) < 4.78 is 5.27. The van der Waals surface area contributed by atoms with Crippen LogP contribution in [-0.2, 0) is 9.53 Å². The molecule has 0 rings (SSSR count). The summed E-state index contributed by atoms with van der Waals surface area (Å²) in [5.41, 5.74) is 0. The van der Waals surface area contributed by atoms with Gasteiger partial charge in [0.05, 0.1) is 12.5 Å². The van der Waals surface area contributed by atoms with Crippen molar-refractivity contribution in [2.75, 3.05) is 26.3 Å². The van der Waals surface area contributed by atoms with Crippen molar-refractivity contribution in [1.82, 2.24) is 10.6 Å². The fourth-order valence-electron chi connectivity index (χ4n) is 0.951. The zero-order valence-electron chi connectivity index (χ0n) is 10.7. The third-order valence-electron chi connectivity index (χ3n) is 1.97. The van der Waals surface area contributed by atoms with Crippen LogP contribution in [0.15, 0.2) is 0 Å². The van der Waals surface area contributed by atoms with E-state index in [2.05, 4.69) is 10.6 Å². The summed E-state index contributed by atoms with van der Waals surface area (Å²) in [4.78, 5) is 21.7. The number of carbonyl (C=O) groups is 2. The minimum absolute atomic E-state index is 0.119. The molecule has 1 unspecified atom stereocenters. The Morgan fingerprint density at radius 1 is 1.24 bits per heavy atom. The molecule has 0 aliphatic carbocycles. The van der Waals surface area contributed by atoms with Gasteiger partial charge in [-0.25, -0.2) is 4.79 Å². The maximum absolute atomic E-state index is 11.2. The zero-order chi connectivity index (χ0) is 13.3. The molecule has 0 aromatic heterocycles. The summed E-state index contributed by atoms with van der Waals surface area (Å²) in [7, 11) is 0. The molecule has 6 nitrogen and oxygen atoms in total. The highest BCUT2D eigenvalue weighted by Crippen LogP contribution is 1.92. The number of urea groups is 1. The van der Waals surface area contributed by atoms with E-state index in [1.165, 1.54) is 6.92 Å². The molecule has 100 valence electrons. The Labute approximate surface area is 102 Å². The molecule has 0 aromatic carbocycles. The van der Waals surface area contributed by atoms with Crippen molar-refractivity contribution in [3.63, 3.8) is 0 Å². The Bertz CT molecular complexity index is 244. The van der Waals surface area contributed by atoms with Gasteiger partial charge in [0.25, 0.3) is 0 Å². The average molecular weight is 246 g/mol. The molecule has 0 radical (unpaired) electrons. The van der Waals surface area contributed by atoms with Crippen molar-refractivity contribution < 1.29 is 19.4 Å². The van der Waals surface area contributed by atoms with Crippen LogP contribution in [0.1, 0.15) is 20.8 Å². The Hall–Kier alpha value is -1.30. The molecule has 0 aliphatic heterocycles. The molecule has 3 N–H and O–H groups in total. The first-order valence-electron chi connectivity index (χ1n) is 5.75. The third-order valence-corrected chi connectivity index (χ3v) is 1.97. The first-order chi connectivity index (χ1) is 7.93. The summed E-state index contributed by atoms with van der Waals surface area (Å²) in [6, 6.07) is -0.369. The van der Waals surface area contributed by atoms with Gasteiger partial charge in [0.15, 0.2) is 0 Å². The number of rotatable bonds is 8. The maximum atomic E-state index is 11.2. The van der Waals surface area contributed by atoms with Crippen LogP contribution in [0.2, 0.25) is 0 Å². The molecule has 17 heavy (non-hydrogen) atoms. The van der Waals surface area contributed by atoms with Crippen molar-refractivity contribution in [2.24, 2.45) is 11.8 Å². The van der Waals surface area contributed by atoms with Gasteiger partial charge in [0, 0.05) is 19.7 Å². The summed E-state index contributed by atoms with van der Waals surface area (Å²) in [5.74, 6) is -1.04. The van der Waals surface area contributed by atoms with E-state index in [9.17, 15) is 9.59 Å². The van der Waals surface area contributed by atoms with Crippen LogP contribution in [0, 0.1) is 11.8 Å². The van der Waals surface area contributed by atoms with Gasteiger partial charge in [-0.1, -0.05) is 20.8 Å². The predicted octanol–water partition coefficient (Wildman–Crippen LogP) is 0.679. The first kappa shape index (κ1) is 15.7. The van der Waals surface area contributed by atoms with Gasteiger partial charge in [-0.3, -0.25) is 4.79 Å². The minimum Gasteiger partial charge on any atom is -0.481 e. The van der Waals surface area contributed by atoms with E-state index in [1.54, 1.807) is 0 Å². The number of hydrogen-bond acceptors (Lipinski definition) is 3. The number of ether oxygens (including phenoxy) is 1. The number of carboxylic acids is 1. The molecular weight excluding hydrogens is 224 g/mol. The van der Waals surface area contributed by atoms with Crippen molar-refractivity contribution in [1.29, 1.82) is 0 Å². The largest absolute Gasteiger partial charge is 0.481 e. The van der Waals surface area contributed by atoms with Gasteiger partial charge in [-0.15, -0.1) is 0 Å². The number of aliphatic carboxylic acids is 1. The van der Waals surface area contributed by atoms with Crippen LogP contribution in [0.25, 0.3) is 0 Å². The fraction of sp³-hybridized carbons (Fsp3) is 0.818. The SMILES string of the molecule is CC(C)COCCNC(=O)NCC(C)C(=O)O. The lowest BCUT2D eigenvalue weighted by molar-refractivity contribution is -0.140. The monoisotopic (exact) mass is 246 g/mol. The lowest BCUT2D eigenvalue weighted by Crippen LogP contribution is -2.40. The van der Waals surface area contributed by atoms with Crippen molar-refractivity contribution in [3.05, 3.63) is 0 Å². The molecule has 0 aliphatic rings. The summed E-state index contributed by atoms with van der Waals surface area (Å²) >= 11 is 0. The number of amides is 2. The van der Waals surface area contributed by atoms with E-state index in [0.717, 1.165) is 0 Å². The molecule has 0 spiro atoms. The van der Waals surface area contributed by atoms with Crippen LogP contribution in [0.5, 0.6) is 0 Å². The van der Waals surface area contributed by atoms with Crippen molar-refractivity contribution >= 4 is 12.0 Å². The van der Waals surface area contributed by atoms with Crippen molar-refractivity contribution in [2.45, 2.75) is 20.8 Å². The third kappa shape index (κ3) is 9.62.